The van der Waals surface area contributed by atoms with Gasteiger partial charge in [-0.2, -0.15) is 0 Å². The van der Waals surface area contributed by atoms with Crippen LogP contribution >= 0.6 is 12.4 Å². The van der Waals surface area contributed by atoms with Gasteiger partial charge in [0.1, 0.15) is 5.75 Å². The van der Waals surface area contributed by atoms with Crippen LogP contribution in [0.15, 0.2) is 36.4 Å². The molecule has 1 saturated carbocycles. The fourth-order valence-corrected chi connectivity index (χ4v) is 3.06. The Bertz CT molecular complexity index is 769. The number of rotatable bonds is 5. The highest BCUT2D eigenvalue weighted by molar-refractivity contribution is 5.94. The van der Waals surface area contributed by atoms with Gasteiger partial charge in [0, 0.05) is 23.9 Å². The van der Waals surface area contributed by atoms with Crippen LogP contribution in [-0.2, 0) is 6.54 Å². The third kappa shape index (κ3) is 4.94. The smallest absolute Gasteiger partial charge is 0.251 e. The monoisotopic (exact) mass is 377 g/mol. The number of pyridine rings is 1. The SMILES string of the molecule is Cc1cc(CN)cc(Oc2cccc(C(=O)N[C@H]3CCC[C@H]3O)c2)n1.Cl. The van der Waals surface area contributed by atoms with Gasteiger partial charge in [-0.05, 0) is 56.0 Å². The number of halogens is 1. The molecule has 0 unspecified atom stereocenters. The number of nitrogens with two attached hydrogens (primary N) is 1. The predicted octanol–water partition coefficient (Wildman–Crippen LogP) is 2.71. The number of carbonyl (C=O) groups is 1. The molecule has 2 aromatic rings. The summed E-state index contributed by atoms with van der Waals surface area (Å²) >= 11 is 0. The van der Waals surface area contributed by atoms with E-state index in [-0.39, 0.29) is 24.4 Å². The molecule has 1 amide bonds. The number of benzene rings is 1. The number of aliphatic hydroxyl groups is 1. The van der Waals surface area contributed by atoms with E-state index in [9.17, 15) is 9.90 Å². The van der Waals surface area contributed by atoms with Crippen LogP contribution in [0.3, 0.4) is 0 Å². The molecule has 1 aliphatic rings. The number of carbonyl (C=O) groups excluding carboxylic acids is 1. The van der Waals surface area contributed by atoms with E-state index in [4.69, 9.17) is 10.5 Å². The minimum Gasteiger partial charge on any atom is -0.439 e. The second kappa shape index (κ2) is 8.98. The molecule has 140 valence electrons. The van der Waals surface area contributed by atoms with Gasteiger partial charge in [-0.15, -0.1) is 12.4 Å². The molecule has 4 N–H and O–H groups in total. The third-order valence-electron chi connectivity index (χ3n) is 4.34. The summed E-state index contributed by atoms with van der Waals surface area (Å²) < 4.78 is 5.79. The van der Waals surface area contributed by atoms with E-state index < -0.39 is 6.10 Å². The van der Waals surface area contributed by atoms with Crippen LogP contribution in [-0.4, -0.2) is 28.1 Å². The van der Waals surface area contributed by atoms with Crippen molar-refractivity contribution in [3.05, 3.63) is 53.2 Å². The summed E-state index contributed by atoms with van der Waals surface area (Å²) in [5.41, 5.74) is 7.92. The summed E-state index contributed by atoms with van der Waals surface area (Å²) in [5.74, 6) is 0.765. The molecule has 0 saturated heterocycles. The Balaban J connectivity index is 0.00000243. The second-order valence-corrected chi connectivity index (χ2v) is 6.37. The van der Waals surface area contributed by atoms with E-state index in [1.54, 1.807) is 30.3 Å². The van der Waals surface area contributed by atoms with Crippen molar-refractivity contribution < 1.29 is 14.6 Å². The summed E-state index contributed by atoms with van der Waals surface area (Å²) in [6, 6.07) is 10.4. The summed E-state index contributed by atoms with van der Waals surface area (Å²) in [6.07, 6.45) is 2.00. The second-order valence-electron chi connectivity index (χ2n) is 6.37. The molecule has 0 radical (unpaired) electrons. The largest absolute Gasteiger partial charge is 0.439 e. The molecule has 1 heterocycles. The first-order chi connectivity index (χ1) is 12.0. The summed E-state index contributed by atoms with van der Waals surface area (Å²) in [5, 5.41) is 12.7. The number of aromatic nitrogens is 1. The van der Waals surface area contributed by atoms with Gasteiger partial charge in [0.15, 0.2) is 0 Å². The average molecular weight is 378 g/mol. The first-order valence-electron chi connectivity index (χ1n) is 8.49. The first-order valence-corrected chi connectivity index (χ1v) is 8.49. The van der Waals surface area contributed by atoms with Gasteiger partial charge in [0.05, 0.1) is 12.1 Å². The molecule has 1 fully saturated rings. The van der Waals surface area contributed by atoms with E-state index in [2.05, 4.69) is 10.3 Å². The number of aliphatic hydroxyl groups excluding tert-OH is 1. The van der Waals surface area contributed by atoms with Gasteiger partial charge in [-0.1, -0.05) is 6.07 Å². The zero-order valence-electron chi connectivity index (χ0n) is 14.6. The lowest BCUT2D eigenvalue weighted by molar-refractivity contribution is 0.0873. The standard InChI is InChI=1S/C19H23N3O3.ClH/c1-12-8-13(11-20)9-18(21-12)25-15-5-2-4-14(10-15)19(24)22-16-6-3-7-17(16)23;/h2,4-5,8-10,16-17,23H,3,6-7,11,20H2,1H3,(H,22,24);1H/t16-,17+;/m0./s1. The van der Waals surface area contributed by atoms with Crippen molar-refractivity contribution in [1.29, 1.82) is 0 Å². The lowest BCUT2D eigenvalue weighted by atomic mass is 10.1. The Labute approximate surface area is 159 Å². The number of amides is 1. The molecule has 1 aromatic carbocycles. The fourth-order valence-electron chi connectivity index (χ4n) is 3.06. The van der Waals surface area contributed by atoms with Crippen molar-refractivity contribution in [3.63, 3.8) is 0 Å². The molecular formula is C19H24ClN3O3. The zero-order valence-corrected chi connectivity index (χ0v) is 15.5. The third-order valence-corrected chi connectivity index (χ3v) is 4.34. The van der Waals surface area contributed by atoms with Crippen LogP contribution in [0.25, 0.3) is 0 Å². The summed E-state index contributed by atoms with van der Waals surface area (Å²) in [7, 11) is 0. The minimum absolute atomic E-state index is 0. The first kappa shape index (κ1) is 20.2. The van der Waals surface area contributed by atoms with E-state index in [1.807, 2.05) is 13.0 Å². The number of aryl methyl sites for hydroxylation is 1. The Kier molecular flexibility index (Phi) is 6.97. The number of hydrogen-bond acceptors (Lipinski definition) is 5. The zero-order chi connectivity index (χ0) is 17.8. The van der Waals surface area contributed by atoms with Crippen molar-refractivity contribution in [3.8, 4) is 11.6 Å². The highest BCUT2D eigenvalue weighted by Crippen LogP contribution is 2.23. The number of ether oxygens (including phenoxy) is 1. The molecule has 7 heteroatoms. The maximum absolute atomic E-state index is 12.4. The van der Waals surface area contributed by atoms with Crippen molar-refractivity contribution in [2.75, 3.05) is 0 Å². The van der Waals surface area contributed by atoms with Crippen molar-refractivity contribution >= 4 is 18.3 Å². The van der Waals surface area contributed by atoms with Crippen LogP contribution in [0.1, 0.15) is 40.9 Å². The maximum atomic E-state index is 12.4. The van der Waals surface area contributed by atoms with Crippen LogP contribution in [0, 0.1) is 6.92 Å². The van der Waals surface area contributed by atoms with Crippen LogP contribution in [0.2, 0.25) is 0 Å². The molecule has 6 nitrogen and oxygen atoms in total. The lowest BCUT2D eigenvalue weighted by Gasteiger charge is -2.16. The number of nitrogens with one attached hydrogen (secondary N) is 1. The Hall–Kier alpha value is -2.15. The Morgan fingerprint density at radius 2 is 2.15 bits per heavy atom. The van der Waals surface area contributed by atoms with Gasteiger partial charge in [-0.3, -0.25) is 4.79 Å². The molecule has 1 aliphatic carbocycles. The van der Waals surface area contributed by atoms with E-state index in [1.165, 1.54) is 0 Å². The van der Waals surface area contributed by atoms with Gasteiger partial charge in [-0.25, -0.2) is 4.98 Å². The molecule has 0 bridgehead atoms. The van der Waals surface area contributed by atoms with Gasteiger partial charge < -0.3 is 20.9 Å². The van der Waals surface area contributed by atoms with E-state index in [0.29, 0.717) is 23.7 Å². The lowest BCUT2D eigenvalue weighted by Crippen LogP contribution is -2.39. The minimum atomic E-state index is -0.463. The quantitative estimate of drug-likeness (QED) is 0.744. The van der Waals surface area contributed by atoms with Crippen LogP contribution in [0.4, 0.5) is 0 Å². The Morgan fingerprint density at radius 1 is 1.35 bits per heavy atom. The van der Waals surface area contributed by atoms with Crippen molar-refractivity contribution in [2.24, 2.45) is 5.73 Å². The van der Waals surface area contributed by atoms with Crippen molar-refractivity contribution in [2.45, 2.75) is 44.9 Å². The van der Waals surface area contributed by atoms with Gasteiger partial charge >= 0.3 is 0 Å². The van der Waals surface area contributed by atoms with E-state index >= 15 is 0 Å². The maximum Gasteiger partial charge on any atom is 0.251 e. The number of nitrogens with zero attached hydrogens (tertiary/aromatic N) is 1. The molecule has 1 aromatic heterocycles. The summed E-state index contributed by atoms with van der Waals surface area (Å²) in [4.78, 5) is 16.7. The molecular weight excluding hydrogens is 354 g/mol. The predicted molar refractivity (Wildman–Crippen MR) is 102 cm³/mol. The molecule has 2 atom stereocenters. The van der Waals surface area contributed by atoms with Gasteiger partial charge in [0.25, 0.3) is 5.91 Å². The molecule has 3 rings (SSSR count). The van der Waals surface area contributed by atoms with E-state index in [0.717, 1.165) is 30.5 Å². The van der Waals surface area contributed by atoms with Gasteiger partial charge in [0.2, 0.25) is 5.88 Å². The fraction of sp³-hybridized carbons (Fsp3) is 0.368. The molecule has 0 aliphatic heterocycles. The van der Waals surface area contributed by atoms with Crippen LogP contribution < -0.4 is 15.8 Å². The summed E-state index contributed by atoms with van der Waals surface area (Å²) in [6.45, 7) is 2.29. The Morgan fingerprint density at radius 3 is 2.85 bits per heavy atom. The molecule has 26 heavy (non-hydrogen) atoms. The highest BCUT2D eigenvalue weighted by Gasteiger charge is 2.26. The van der Waals surface area contributed by atoms with Crippen molar-refractivity contribution in [1.82, 2.24) is 10.3 Å². The highest BCUT2D eigenvalue weighted by atomic mass is 35.5. The normalized spacial score (nSPS) is 18.9. The molecule has 0 spiro atoms. The topological polar surface area (TPSA) is 97.5 Å². The van der Waals surface area contributed by atoms with Crippen LogP contribution in [0.5, 0.6) is 11.6 Å². The average Bonchev–Trinajstić information content (AvgIpc) is 2.99. The number of hydrogen-bond donors (Lipinski definition) is 3.